The summed E-state index contributed by atoms with van der Waals surface area (Å²) in [5, 5.41) is 0.539. The highest BCUT2D eigenvalue weighted by Gasteiger charge is 1.90. The molecule has 1 aromatic rings. The van der Waals surface area contributed by atoms with Crippen molar-refractivity contribution < 1.29 is 0 Å². The molecule has 0 saturated heterocycles. The minimum absolute atomic E-state index is 0.539. The molecular weight excluding hydrogens is 262 g/mol. The lowest BCUT2D eigenvalue weighted by Gasteiger charge is -1.95. The van der Waals surface area contributed by atoms with Gasteiger partial charge in [-0.05, 0) is 11.6 Å². The maximum atomic E-state index is 5.58. The van der Waals surface area contributed by atoms with Gasteiger partial charge in [-0.15, -0.1) is 0 Å². The van der Waals surface area contributed by atoms with Crippen molar-refractivity contribution >= 4 is 34.5 Å². The number of nitrogens with one attached hydrogen (secondary N) is 1. The monoisotopic (exact) mass is 268 g/mol. The Bertz CT molecular complexity index is 199. The van der Waals surface area contributed by atoms with Crippen molar-refractivity contribution in [3.8, 4) is 0 Å². The topological polar surface area (TPSA) is 24.9 Å². The minimum Gasteiger partial charge on any atom is -0.257 e. The SMILES string of the molecule is Clc1ccc(CNI)cn1. The van der Waals surface area contributed by atoms with Gasteiger partial charge in [0.1, 0.15) is 5.15 Å². The van der Waals surface area contributed by atoms with Crippen molar-refractivity contribution in [2.75, 3.05) is 0 Å². The molecule has 10 heavy (non-hydrogen) atoms. The van der Waals surface area contributed by atoms with Crippen LogP contribution >= 0.6 is 34.5 Å². The first-order chi connectivity index (χ1) is 4.83. The summed E-state index contributed by atoms with van der Waals surface area (Å²) in [6.07, 6.45) is 1.76. The number of nitrogens with zero attached hydrogens (tertiary/aromatic N) is 1. The largest absolute Gasteiger partial charge is 0.257 e. The second kappa shape index (κ2) is 4.10. The molecule has 1 rings (SSSR count). The lowest BCUT2D eigenvalue weighted by molar-refractivity contribution is 0.998. The van der Waals surface area contributed by atoms with E-state index in [0.717, 1.165) is 12.1 Å². The zero-order chi connectivity index (χ0) is 7.40. The Hall–Kier alpha value is 0.130. The van der Waals surface area contributed by atoms with E-state index < -0.39 is 0 Å². The summed E-state index contributed by atoms with van der Waals surface area (Å²) in [6.45, 7) is 0.824. The molecule has 4 heteroatoms. The third-order valence-electron chi connectivity index (χ3n) is 1.06. The van der Waals surface area contributed by atoms with E-state index in [4.69, 9.17) is 11.6 Å². The van der Waals surface area contributed by atoms with Gasteiger partial charge in [0.05, 0.1) is 0 Å². The van der Waals surface area contributed by atoms with Gasteiger partial charge in [-0.2, -0.15) is 0 Å². The Labute approximate surface area is 78.5 Å². The van der Waals surface area contributed by atoms with Crippen LogP contribution in [0.15, 0.2) is 18.3 Å². The summed E-state index contributed by atoms with van der Waals surface area (Å²) < 4.78 is 2.99. The normalized spacial score (nSPS) is 9.80. The molecule has 0 unspecified atom stereocenters. The van der Waals surface area contributed by atoms with Crippen LogP contribution in [0.3, 0.4) is 0 Å². The number of rotatable bonds is 2. The highest BCUT2D eigenvalue weighted by atomic mass is 127. The van der Waals surface area contributed by atoms with E-state index in [1.165, 1.54) is 0 Å². The smallest absolute Gasteiger partial charge is 0.129 e. The van der Waals surface area contributed by atoms with Gasteiger partial charge in [-0.25, -0.2) is 4.98 Å². The summed E-state index contributed by atoms with van der Waals surface area (Å²) in [6, 6.07) is 3.73. The lowest BCUT2D eigenvalue weighted by Crippen LogP contribution is -1.97. The molecule has 1 aromatic heterocycles. The molecule has 54 valence electrons. The summed E-state index contributed by atoms with van der Waals surface area (Å²) in [7, 11) is 0. The molecule has 0 atom stereocenters. The summed E-state index contributed by atoms with van der Waals surface area (Å²) >= 11 is 7.67. The van der Waals surface area contributed by atoms with Crippen LogP contribution in [0, 0.1) is 0 Å². The van der Waals surface area contributed by atoms with Crippen LogP contribution in [0.5, 0.6) is 0 Å². The third-order valence-corrected chi connectivity index (χ3v) is 1.66. The van der Waals surface area contributed by atoms with E-state index >= 15 is 0 Å². The number of hydrogen-bond donors (Lipinski definition) is 1. The van der Waals surface area contributed by atoms with Gasteiger partial charge in [0, 0.05) is 35.6 Å². The molecule has 0 fully saturated rings. The number of halogens is 2. The highest BCUT2D eigenvalue weighted by molar-refractivity contribution is 14.1. The molecule has 0 saturated carbocycles. The van der Waals surface area contributed by atoms with E-state index in [1.54, 1.807) is 12.3 Å². The number of aromatic nitrogens is 1. The quantitative estimate of drug-likeness (QED) is 0.505. The van der Waals surface area contributed by atoms with Crippen LogP contribution in [0.2, 0.25) is 5.15 Å². The van der Waals surface area contributed by atoms with E-state index in [9.17, 15) is 0 Å². The van der Waals surface area contributed by atoms with Crippen LogP contribution < -0.4 is 3.53 Å². The Morgan fingerprint density at radius 1 is 1.60 bits per heavy atom. The van der Waals surface area contributed by atoms with Crippen LogP contribution in [0.25, 0.3) is 0 Å². The molecule has 0 aliphatic rings. The number of pyridine rings is 1. The Morgan fingerprint density at radius 3 is 2.90 bits per heavy atom. The minimum atomic E-state index is 0.539. The maximum absolute atomic E-state index is 5.58. The van der Waals surface area contributed by atoms with E-state index in [-0.39, 0.29) is 0 Å². The van der Waals surface area contributed by atoms with Gasteiger partial charge in [-0.3, -0.25) is 3.53 Å². The Morgan fingerprint density at radius 2 is 2.40 bits per heavy atom. The fourth-order valence-corrected chi connectivity index (χ4v) is 1.14. The molecular formula is C6H6ClIN2. The first-order valence-electron chi connectivity index (χ1n) is 2.77. The highest BCUT2D eigenvalue weighted by Crippen LogP contribution is 2.04. The predicted molar refractivity (Wildman–Crippen MR) is 50.1 cm³/mol. The van der Waals surface area contributed by atoms with Crippen molar-refractivity contribution in [2.45, 2.75) is 6.54 Å². The van der Waals surface area contributed by atoms with Gasteiger partial charge in [0.15, 0.2) is 0 Å². The average molecular weight is 268 g/mol. The van der Waals surface area contributed by atoms with Crippen molar-refractivity contribution in [1.82, 2.24) is 8.51 Å². The van der Waals surface area contributed by atoms with Crippen molar-refractivity contribution in [2.24, 2.45) is 0 Å². The Balaban J connectivity index is 2.69. The summed E-state index contributed by atoms with van der Waals surface area (Å²) in [5.41, 5.74) is 1.14. The molecule has 1 N–H and O–H groups in total. The first-order valence-corrected chi connectivity index (χ1v) is 4.22. The molecule has 1 heterocycles. The van der Waals surface area contributed by atoms with Crippen LogP contribution in [0.1, 0.15) is 5.56 Å². The van der Waals surface area contributed by atoms with Gasteiger partial charge in [-0.1, -0.05) is 17.7 Å². The van der Waals surface area contributed by atoms with Crippen molar-refractivity contribution in [3.05, 3.63) is 29.0 Å². The van der Waals surface area contributed by atoms with Gasteiger partial charge < -0.3 is 0 Å². The molecule has 2 nitrogen and oxygen atoms in total. The maximum Gasteiger partial charge on any atom is 0.129 e. The van der Waals surface area contributed by atoms with E-state index in [1.807, 2.05) is 6.07 Å². The zero-order valence-electron chi connectivity index (χ0n) is 5.14. The fourth-order valence-electron chi connectivity index (χ4n) is 0.588. The second-order valence-corrected chi connectivity index (χ2v) is 2.95. The first kappa shape index (κ1) is 8.23. The third kappa shape index (κ3) is 2.40. The fraction of sp³-hybridized carbons (Fsp3) is 0.167. The number of hydrogen-bond acceptors (Lipinski definition) is 2. The standard InChI is InChI=1S/C6H6ClIN2/c7-6-2-1-5(3-9-6)4-10-8/h1-3,10H,4H2. The van der Waals surface area contributed by atoms with Crippen LogP contribution in [-0.4, -0.2) is 4.98 Å². The van der Waals surface area contributed by atoms with Gasteiger partial charge >= 0.3 is 0 Å². The molecule has 0 radical (unpaired) electrons. The van der Waals surface area contributed by atoms with Gasteiger partial charge in [0.2, 0.25) is 0 Å². The van der Waals surface area contributed by atoms with Gasteiger partial charge in [0.25, 0.3) is 0 Å². The van der Waals surface area contributed by atoms with E-state index in [2.05, 4.69) is 31.4 Å². The molecule has 0 spiro atoms. The van der Waals surface area contributed by atoms with E-state index in [0.29, 0.717) is 5.15 Å². The van der Waals surface area contributed by atoms with Crippen molar-refractivity contribution in [1.29, 1.82) is 0 Å². The van der Waals surface area contributed by atoms with Crippen LogP contribution in [-0.2, 0) is 6.54 Å². The second-order valence-electron chi connectivity index (χ2n) is 1.80. The van der Waals surface area contributed by atoms with Crippen LogP contribution in [0.4, 0.5) is 0 Å². The molecule has 0 aromatic carbocycles. The predicted octanol–water partition coefficient (Wildman–Crippen LogP) is 2.17. The molecule has 0 bridgehead atoms. The van der Waals surface area contributed by atoms with Crippen molar-refractivity contribution in [3.63, 3.8) is 0 Å². The molecule has 0 amide bonds. The Kier molecular flexibility index (Phi) is 3.37. The molecule has 0 aliphatic heterocycles. The summed E-state index contributed by atoms with van der Waals surface area (Å²) in [5.74, 6) is 0. The average Bonchev–Trinajstić information content (AvgIpc) is 1.95. The zero-order valence-corrected chi connectivity index (χ0v) is 8.06. The lowest BCUT2D eigenvalue weighted by atomic mass is 10.3. The molecule has 0 aliphatic carbocycles. The summed E-state index contributed by atoms with van der Waals surface area (Å²) in [4.78, 5) is 3.92.